The highest BCUT2D eigenvalue weighted by Gasteiger charge is 2.72. The number of hydrogen-bond donors (Lipinski definition) is 2. The number of piperidine rings is 1. The van der Waals surface area contributed by atoms with Crippen LogP contribution in [0.3, 0.4) is 0 Å². The Balaban J connectivity index is 1.44. The van der Waals surface area contributed by atoms with Crippen LogP contribution in [0.1, 0.15) is 44.2 Å². The Bertz CT molecular complexity index is 1270. The second kappa shape index (κ2) is 9.53. The van der Waals surface area contributed by atoms with Gasteiger partial charge in [0.1, 0.15) is 5.76 Å². The van der Waals surface area contributed by atoms with Gasteiger partial charge in [0.15, 0.2) is 23.7 Å². The molecule has 0 saturated carbocycles. The summed E-state index contributed by atoms with van der Waals surface area (Å²) in [4.78, 5) is 50.3. The van der Waals surface area contributed by atoms with E-state index in [-0.39, 0.29) is 18.2 Å². The van der Waals surface area contributed by atoms with Crippen molar-refractivity contribution in [3.05, 3.63) is 35.1 Å². The maximum absolute atomic E-state index is 13.0. The Morgan fingerprint density at radius 2 is 1.97 bits per heavy atom. The van der Waals surface area contributed by atoms with Crippen LogP contribution < -0.4 is 9.47 Å². The quantitative estimate of drug-likeness (QED) is 0.351. The van der Waals surface area contributed by atoms with Crippen LogP contribution in [0.15, 0.2) is 24.0 Å². The third kappa shape index (κ3) is 4.04. The maximum Gasteiger partial charge on any atom is 0.348 e. The zero-order valence-electron chi connectivity index (χ0n) is 22.1. The SMILES string of the molecule is COc1ccc2c3c1O[C@@H]1C(OC(=O)C[C@H](OC(C)=O)C(=O)O[C@@H](C)C(=O)O)=CC[C@]4(O)[C@H](C2)N(C)CC[C@@]314. The molecule has 2 aliphatic heterocycles. The largest absolute Gasteiger partial charge is 0.493 e. The highest BCUT2D eigenvalue weighted by molar-refractivity contribution is 5.86. The van der Waals surface area contributed by atoms with Gasteiger partial charge in [-0.1, -0.05) is 6.07 Å². The maximum atomic E-state index is 13.0. The Morgan fingerprint density at radius 3 is 2.64 bits per heavy atom. The summed E-state index contributed by atoms with van der Waals surface area (Å²) in [7, 11) is 3.51. The minimum atomic E-state index is -1.70. The zero-order chi connectivity index (χ0) is 28.3. The molecule has 210 valence electrons. The van der Waals surface area contributed by atoms with Gasteiger partial charge in [-0.2, -0.15) is 0 Å². The second-order valence-electron chi connectivity index (χ2n) is 10.5. The summed E-state index contributed by atoms with van der Waals surface area (Å²) < 4.78 is 27.4. The summed E-state index contributed by atoms with van der Waals surface area (Å²) in [6.45, 7) is 2.86. The summed E-state index contributed by atoms with van der Waals surface area (Å²) in [5, 5.41) is 21.2. The zero-order valence-corrected chi connectivity index (χ0v) is 22.1. The average Bonchev–Trinajstić information content (AvgIpc) is 3.23. The van der Waals surface area contributed by atoms with Crippen molar-refractivity contribution in [1.82, 2.24) is 4.90 Å². The lowest BCUT2D eigenvalue weighted by molar-refractivity contribution is -0.179. The molecule has 5 rings (SSSR count). The molecule has 0 unspecified atom stereocenters. The number of esters is 3. The molecule has 2 bridgehead atoms. The van der Waals surface area contributed by atoms with Crippen molar-refractivity contribution >= 4 is 23.9 Å². The van der Waals surface area contributed by atoms with Crippen molar-refractivity contribution in [2.24, 2.45) is 0 Å². The molecule has 1 aromatic carbocycles. The van der Waals surface area contributed by atoms with Crippen molar-refractivity contribution in [1.29, 1.82) is 0 Å². The van der Waals surface area contributed by atoms with Gasteiger partial charge in [0.05, 0.1) is 24.5 Å². The topological polar surface area (TPSA) is 158 Å². The lowest BCUT2D eigenvalue weighted by Gasteiger charge is -2.61. The first-order valence-electron chi connectivity index (χ1n) is 12.7. The molecule has 1 spiro atoms. The number of aliphatic hydroxyl groups is 1. The molecule has 6 atom stereocenters. The number of carboxylic acids is 1. The number of carboxylic acid groups (broad SMARTS) is 1. The molecule has 4 aliphatic rings. The molecular weight excluding hydrogens is 514 g/mol. The molecule has 2 aliphatic carbocycles. The molecule has 1 aromatic rings. The van der Waals surface area contributed by atoms with E-state index >= 15 is 0 Å². The highest BCUT2D eigenvalue weighted by Crippen LogP contribution is 2.65. The van der Waals surface area contributed by atoms with Crippen LogP contribution in [-0.4, -0.2) is 89.6 Å². The van der Waals surface area contributed by atoms with Gasteiger partial charge in [-0.15, -0.1) is 0 Å². The van der Waals surface area contributed by atoms with E-state index in [0.29, 0.717) is 30.9 Å². The minimum absolute atomic E-state index is 0.174. The van der Waals surface area contributed by atoms with Gasteiger partial charge in [-0.25, -0.2) is 9.59 Å². The standard InChI is InChI=1S/C27H31NO11/c1-13(24(31)32)36-25(33)18(37-14(2)29)12-20(30)38-17-7-8-27(34)19-11-15-5-6-16(35-4)22-21(15)26(27,23(17)39-22)9-10-28(19)3/h5-7,13,18-19,23,34H,8-12H2,1-4H3,(H,31,32)/t13-,18-,19-,23+,26+,27-/m0/s1. The van der Waals surface area contributed by atoms with Crippen LogP contribution in [-0.2, 0) is 45.2 Å². The summed E-state index contributed by atoms with van der Waals surface area (Å²) in [6, 6.07) is 3.62. The fourth-order valence-corrected chi connectivity index (χ4v) is 6.59. The minimum Gasteiger partial charge on any atom is -0.493 e. The summed E-state index contributed by atoms with van der Waals surface area (Å²) in [6.07, 6.45) is -1.77. The molecule has 39 heavy (non-hydrogen) atoms. The molecular formula is C27H31NO11. The Morgan fingerprint density at radius 1 is 1.23 bits per heavy atom. The summed E-state index contributed by atoms with van der Waals surface area (Å²) in [5.74, 6) is -3.17. The van der Waals surface area contributed by atoms with E-state index in [9.17, 15) is 24.3 Å². The predicted molar refractivity (Wildman–Crippen MR) is 131 cm³/mol. The van der Waals surface area contributed by atoms with E-state index in [4.69, 9.17) is 28.8 Å². The number of ether oxygens (including phenoxy) is 5. The molecule has 12 nitrogen and oxygen atoms in total. The van der Waals surface area contributed by atoms with Crippen LogP contribution >= 0.6 is 0 Å². The number of likely N-dealkylation sites (N-methyl/N-ethyl adjacent to an activating group) is 1. The molecule has 0 radical (unpaired) electrons. The number of nitrogens with zero attached hydrogens (tertiary/aromatic N) is 1. The second-order valence-corrected chi connectivity index (χ2v) is 10.5. The van der Waals surface area contributed by atoms with Gasteiger partial charge in [-0.05, 0) is 51.1 Å². The number of rotatable bonds is 8. The molecule has 1 fully saturated rings. The van der Waals surface area contributed by atoms with E-state index in [1.54, 1.807) is 6.08 Å². The van der Waals surface area contributed by atoms with Gasteiger partial charge in [-0.3, -0.25) is 9.59 Å². The average molecular weight is 546 g/mol. The van der Waals surface area contributed by atoms with Crippen molar-refractivity contribution in [3.63, 3.8) is 0 Å². The monoisotopic (exact) mass is 545 g/mol. The van der Waals surface area contributed by atoms with E-state index in [1.165, 1.54) is 7.11 Å². The van der Waals surface area contributed by atoms with Gasteiger partial charge in [0, 0.05) is 24.9 Å². The Kier molecular flexibility index (Phi) is 6.58. The van der Waals surface area contributed by atoms with Crippen LogP contribution in [0.2, 0.25) is 0 Å². The van der Waals surface area contributed by atoms with Crippen LogP contribution in [0.4, 0.5) is 0 Å². The molecule has 12 heteroatoms. The van der Waals surface area contributed by atoms with Crippen molar-refractivity contribution in [3.8, 4) is 11.5 Å². The van der Waals surface area contributed by atoms with Crippen LogP contribution in [0.5, 0.6) is 11.5 Å². The van der Waals surface area contributed by atoms with Crippen molar-refractivity contribution < 1.29 is 53.1 Å². The number of aliphatic carboxylic acids is 1. The normalized spacial score (nSPS) is 29.6. The Labute approximate surface area is 224 Å². The first kappa shape index (κ1) is 26.9. The molecule has 0 amide bonds. The first-order valence-corrected chi connectivity index (χ1v) is 12.7. The summed E-state index contributed by atoms with van der Waals surface area (Å²) >= 11 is 0. The van der Waals surface area contributed by atoms with Crippen LogP contribution in [0, 0.1) is 0 Å². The lowest BCUT2D eigenvalue weighted by atomic mass is 9.50. The third-order valence-corrected chi connectivity index (χ3v) is 8.35. The smallest absolute Gasteiger partial charge is 0.348 e. The number of methoxy groups -OCH3 is 1. The number of carbonyl (C=O) groups is 4. The number of likely N-dealkylation sites (tertiary alicyclic amines) is 1. The molecule has 1 saturated heterocycles. The lowest BCUT2D eigenvalue weighted by Crippen LogP contribution is -2.74. The van der Waals surface area contributed by atoms with Gasteiger partial charge >= 0.3 is 23.9 Å². The van der Waals surface area contributed by atoms with Gasteiger partial charge in [0.25, 0.3) is 0 Å². The van der Waals surface area contributed by atoms with Crippen molar-refractivity contribution in [2.75, 3.05) is 20.7 Å². The van der Waals surface area contributed by atoms with Crippen LogP contribution in [0.25, 0.3) is 0 Å². The third-order valence-electron chi connectivity index (χ3n) is 8.35. The first-order chi connectivity index (χ1) is 18.4. The number of carbonyl (C=O) groups excluding carboxylic acids is 3. The molecule has 0 aromatic heterocycles. The molecule has 2 N–H and O–H groups in total. The predicted octanol–water partition coefficient (Wildman–Crippen LogP) is 0.854. The molecule has 2 heterocycles. The van der Waals surface area contributed by atoms with Gasteiger partial charge < -0.3 is 38.8 Å². The van der Waals surface area contributed by atoms with E-state index in [0.717, 1.165) is 25.0 Å². The van der Waals surface area contributed by atoms with Gasteiger partial charge in [0.2, 0.25) is 6.10 Å². The summed E-state index contributed by atoms with van der Waals surface area (Å²) in [5.41, 5.74) is -0.184. The van der Waals surface area contributed by atoms with Crippen molar-refractivity contribution in [2.45, 2.75) is 74.9 Å². The highest BCUT2D eigenvalue weighted by atomic mass is 16.6. The number of benzene rings is 1. The Hall–Kier alpha value is -3.64. The number of hydrogen-bond acceptors (Lipinski definition) is 11. The fourth-order valence-electron chi connectivity index (χ4n) is 6.59. The van der Waals surface area contributed by atoms with E-state index < -0.39 is 59.6 Å². The van der Waals surface area contributed by atoms with E-state index in [2.05, 4.69) is 4.90 Å². The van der Waals surface area contributed by atoms with E-state index in [1.807, 2.05) is 19.2 Å². The fraction of sp³-hybridized carbons (Fsp3) is 0.556.